The van der Waals surface area contributed by atoms with Gasteiger partial charge >= 0.3 is 0 Å². The molecule has 0 saturated heterocycles. The fraction of sp³-hybridized carbons (Fsp3) is 0.500. The van der Waals surface area contributed by atoms with Crippen LogP contribution in [0.4, 0.5) is 0 Å². The van der Waals surface area contributed by atoms with Crippen LogP contribution in [-0.4, -0.2) is 17.3 Å². The Morgan fingerprint density at radius 2 is 1.46 bits per heavy atom. The van der Waals surface area contributed by atoms with Crippen molar-refractivity contribution in [2.45, 2.75) is 33.1 Å². The number of hydrogen-bond acceptors (Lipinski definition) is 3. The van der Waals surface area contributed by atoms with Gasteiger partial charge in [0, 0.05) is 12.8 Å². The van der Waals surface area contributed by atoms with Crippen LogP contribution in [0.2, 0.25) is 0 Å². The van der Waals surface area contributed by atoms with Crippen molar-refractivity contribution in [2.24, 2.45) is 0 Å². The van der Waals surface area contributed by atoms with Crippen molar-refractivity contribution in [2.75, 3.05) is 0 Å². The zero-order valence-electron chi connectivity index (χ0n) is 8.00. The Labute approximate surface area is 77.8 Å². The maximum Gasteiger partial charge on any atom is 0.143 e. The summed E-state index contributed by atoms with van der Waals surface area (Å²) in [5, 5.41) is 0. The third-order valence-electron chi connectivity index (χ3n) is 1.36. The number of hydrogen-bond donors (Lipinski definition) is 0. The Morgan fingerprint density at radius 3 is 1.92 bits per heavy atom. The Morgan fingerprint density at radius 1 is 0.923 bits per heavy atom. The summed E-state index contributed by atoms with van der Waals surface area (Å²) in [6.45, 7) is 2.87. The number of allylic oxidation sites excluding steroid dienone is 2. The molecule has 0 atom stereocenters. The van der Waals surface area contributed by atoms with Crippen LogP contribution in [-0.2, 0) is 14.4 Å². The zero-order valence-corrected chi connectivity index (χ0v) is 8.00. The van der Waals surface area contributed by atoms with Crippen LogP contribution in [0.25, 0.3) is 0 Å². The van der Waals surface area contributed by atoms with E-state index in [1.807, 2.05) is 0 Å². The average Bonchev–Trinajstić information content (AvgIpc) is 1.96. The predicted molar refractivity (Wildman–Crippen MR) is 49.4 cm³/mol. The molecule has 0 aliphatic rings. The molecule has 0 amide bonds. The van der Waals surface area contributed by atoms with Crippen LogP contribution in [0.15, 0.2) is 12.2 Å². The topological polar surface area (TPSA) is 51.2 Å². The highest BCUT2D eigenvalue weighted by Gasteiger charge is 2.01. The molecule has 0 heterocycles. The smallest absolute Gasteiger partial charge is 0.143 e. The standard InChI is InChI=1S/C10H14O3/c1-8(11)5-3-4-6-10(13)7-9(2)12/h3-4H,5-7H2,1-2H3/b4-3-. The van der Waals surface area contributed by atoms with Crippen LogP contribution in [0, 0.1) is 0 Å². The summed E-state index contributed by atoms with van der Waals surface area (Å²) in [6, 6.07) is 0. The maximum atomic E-state index is 10.9. The van der Waals surface area contributed by atoms with Crippen LogP contribution >= 0.6 is 0 Å². The number of Topliss-reactive ketones (excluding diaryl/α,β-unsaturated/α-hetero) is 3. The summed E-state index contributed by atoms with van der Waals surface area (Å²) in [5.74, 6) is -0.160. The maximum absolute atomic E-state index is 10.9. The molecule has 0 aliphatic carbocycles. The third-order valence-corrected chi connectivity index (χ3v) is 1.36. The van der Waals surface area contributed by atoms with Crippen molar-refractivity contribution in [3.05, 3.63) is 12.2 Å². The second-order valence-electron chi connectivity index (χ2n) is 3.00. The highest BCUT2D eigenvalue weighted by atomic mass is 16.1. The molecule has 72 valence electrons. The minimum absolute atomic E-state index is 0.00951. The van der Waals surface area contributed by atoms with E-state index in [1.54, 1.807) is 12.2 Å². The first kappa shape index (κ1) is 11.8. The first-order valence-electron chi connectivity index (χ1n) is 4.18. The molecule has 13 heavy (non-hydrogen) atoms. The molecule has 3 nitrogen and oxygen atoms in total. The second kappa shape index (κ2) is 6.29. The van der Waals surface area contributed by atoms with Gasteiger partial charge in [0.2, 0.25) is 0 Å². The van der Waals surface area contributed by atoms with Crippen molar-refractivity contribution in [1.29, 1.82) is 0 Å². The van der Waals surface area contributed by atoms with E-state index in [1.165, 1.54) is 13.8 Å². The number of ketones is 3. The highest BCUT2D eigenvalue weighted by molar-refractivity contribution is 5.98. The molecule has 0 aromatic heterocycles. The van der Waals surface area contributed by atoms with Crippen LogP contribution in [0.5, 0.6) is 0 Å². The average molecular weight is 182 g/mol. The summed E-state index contributed by atoms with van der Waals surface area (Å²) in [7, 11) is 0. The molecule has 3 heteroatoms. The lowest BCUT2D eigenvalue weighted by molar-refractivity contribution is -0.125. The van der Waals surface area contributed by atoms with E-state index in [9.17, 15) is 14.4 Å². The van der Waals surface area contributed by atoms with Crippen molar-refractivity contribution < 1.29 is 14.4 Å². The molecule has 0 saturated carbocycles. The van der Waals surface area contributed by atoms with Crippen LogP contribution in [0.3, 0.4) is 0 Å². The molecule has 0 N–H and O–H groups in total. The minimum Gasteiger partial charge on any atom is -0.300 e. The quantitative estimate of drug-likeness (QED) is 0.461. The van der Waals surface area contributed by atoms with Crippen molar-refractivity contribution >= 4 is 17.3 Å². The SMILES string of the molecule is CC(=O)C/C=C\CC(=O)CC(C)=O. The molecule has 0 unspecified atom stereocenters. The van der Waals surface area contributed by atoms with Gasteiger partial charge in [-0.15, -0.1) is 0 Å². The van der Waals surface area contributed by atoms with Crippen LogP contribution in [0.1, 0.15) is 33.1 Å². The number of carbonyl (C=O) groups excluding carboxylic acids is 3. The molecule has 0 aliphatic heterocycles. The van der Waals surface area contributed by atoms with Gasteiger partial charge in [-0.05, 0) is 13.8 Å². The van der Waals surface area contributed by atoms with Gasteiger partial charge in [0.25, 0.3) is 0 Å². The number of carbonyl (C=O) groups is 3. The Bertz CT molecular complexity index is 239. The molecule has 0 aromatic rings. The molecule has 0 rings (SSSR count). The second-order valence-corrected chi connectivity index (χ2v) is 3.00. The number of rotatable bonds is 6. The van der Waals surface area contributed by atoms with E-state index >= 15 is 0 Å². The van der Waals surface area contributed by atoms with E-state index < -0.39 is 0 Å². The van der Waals surface area contributed by atoms with Gasteiger partial charge in [-0.1, -0.05) is 12.2 Å². The predicted octanol–water partition coefficient (Wildman–Crippen LogP) is 1.46. The molecule has 0 aromatic carbocycles. The molecular formula is C10H14O3. The highest BCUT2D eigenvalue weighted by Crippen LogP contribution is 1.94. The van der Waals surface area contributed by atoms with Gasteiger partial charge in [-0.3, -0.25) is 14.4 Å². The molecule has 0 fully saturated rings. The monoisotopic (exact) mass is 182 g/mol. The van der Waals surface area contributed by atoms with Gasteiger partial charge in [0.15, 0.2) is 0 Å². The third kappa shape index (κ3) is 8.66. The summed E-state index contributed by atoms with van der Waals surface area (Å²) >= 11 is 0. The summed E-state index contributed by atoms with van der Waals surface area (Å²) < 4.78 is 0. The van der Waals surface area contributed by atoms with E-state index in [4.69, 9.17) is 0 Å². The fourth-order valence-corrected chi connectivity index (χ4v) is 0.814. The lowest BCUT2D eigenvalue weighted by atomic mass is 10.1. The summed E-state index contributed by atoms with van der Waals surface area (Å²) in [5.41, 5.74) is 0. The zero-order chi connectivity index (χ0) is 10.3. The van der Waals surface area contributed by atoms with Gasteiger partial charge in [0.1, 0.15) is 17.3 Å². The normalized spacial score (nSPS) is 10.3. The first-order chi connectivity index (χ1) is 6.02. The largest absolute Gasteiger partial charge is 0.300 e. The minimum atomic E-state index is -0.120. The Hall–Kier alpha value is -1.25. The van der Waals surface area contributed by atoms with Crippen LogP contribution < -0.4 is 0 Å². The van der Waals surface area contributed by atoms with Crippen molar-refractivity contribution in [3.63, 3.8) is 0 Å². The first-order valence-corrected chi connectivity index (χ1v) is 4.18. The molecule has 0 spiro atoms. The lowest BCUT2D eigenvalue weighted by Crippen LogP contribution is -2.02. The molecular weight excluding hydrogens is 168 g/mol. The lowest BCUT2D eigenvalue weighted by Gasteiger charge is -1.91. The van der Waals surface area contributed by atoms with Gasteiger partial charge < -0.3 is 0 Å². The fourth-order valence-electron chi connectivity index (χ4n) is 0.814. The van der Waals surface area contributed by atoms with E-state index in [0.29, 0.717) is 6.42 Å². The van der Waals surface area contributed by atoms with Crippen molar-refractivity contribution in [3.8, 4) is 0 Å². The summed E-state index contributed by atoms with van der Waals surface area (Å²) in [4.78, 5) is 31.9. The van der Waals surface area contributed by atoms with Gasteiger partial charge in [-0.25, -0.2) is 0 Å². The van der Waals surface area contributed by atoms with E-state index in [-0.39, 0.29) is 30.2 Å². The Kier molecular flexibility index (Phi) is 5.68. The summed E-state index contributed by atoms with van der Waals surface area (Å²) in [6.07, 6.45) is 3.87. The molecule has 0 bridgehead atoms. The van der Waals surface area contributed by atoms with Gasteiger partial charge in [-0.2, -0.15) is 0 Å². The Balaban J connectivity index is 3.63. The van der Waals surface area contributed by atoms with E-state index in [0.717, 1.165) is 0 Å². The van der Waals surface area contributed by atoms with Gasteiger partial charge in [0.05, 0.1) is 6.42 Å². The van der Waals surface area contributed by atoms with Crippen molar-refractivity contribution in [1.82, 2.24) is 0 Å². The molecule has 0 radical (unpaired) electrons. The van der Waals surface area contributed by atoms with E-state index in [2.05, 4.69) is 0 Å².